The molecule has 0 saturated carbocycles. The van der Waals surface area contributed by atoms with E-state index < -0.39 is 37.7 Å². The summed E-state index contributed by atoms with van der Waals surface area (Å²) < 4.78 is 61.2. The Bertz CT molecular complexity index is 263. The molecular formula is C9H11F5I+. The molecule has 0 aliphatic carbocycles. The van der Waals surface area contributed by atoms with Crippen LogP contribution in [-0.4, -0.2) is 16.5 Å². The molecule has 0 aliphatic heterocycles. The highest BCUT2D eigenvalue weighted by Crippen LogP contribution is 2.33. The van der Waals surface area contributed by atoms with Gasteiger partial charge in [-0.05, 0) is 26.7 Å². The summed E-state index contributed by atoms with van der Waals surface area (Å²) in [6.45, 7) is 5.31. The van der Waals surface area contributed by atoms with E-state index in [1.807, 2.05) is 0 Å². The second-order valence-electron chi connectivity index (χ2n) is 3.94. The zero-order valence-corrected chi connectivity index (χ0v) is 10.6. The molecule has 0 aromatic heterocycles. The second kappa shape index (κ2) is 4.85. The first kappa shape index (κ1) is 14.9. The van der Waals surface area contributed by atoms with Gasteiger partial charge >= 0.3 is 33.3 Å². The van der Waals surface area contributed by atoms with Crippen molar-refractivity contribution in [3.63, 3.8) is 0 Å². The first-order valence-electron chi connectivity index (χ1n) is 4.00. The number of alkyl halides is 6. The molecule has 6 heteroatoms. The van der Waals surface area contributed by atoms with Crippen LogP contribution in [0.2, 0.25) is 0 Å². The van der Waals surface area contributed by atoms with E-state index in [0.717, 1.165) is 0 Å². The Balaban J connectivity index is 4.23. The standard InChI is InChI=1S/C9H11F5I/c1-7(2,3)4-5-15-6-8(10,11)9(12,13)14/h6H2,1-3H3/q+1. The van der Waals surface area contributed by atoms with E-state index >= 15 is 0 Å². The minimum Gasteiger partial charge on any atom is -0.191 e. The van der Waals surface area contributed by atoms with Gasteiger partial charge in [-0.3, -0.25) is 0 Å². The van der Waals surface area contributed by atoms with Crippen LogP contribution in [0.5, 0.6) is 0 Å². The molecule has 0 unspecified atom stereocenters. The SMILES string of the molecule is CC(C)(C)C#C[I+]CC(F)(F)C(F)(F)F. The summed E-state index contributed by atoms with van der Waals surface area (Å²) in [7, 11) is 0. The van der Waals surface area contributed by atoms with Crippen molar-refractivity contribution in [1.82, 2.24) is 0 Å². The van der Waals surface area contributed by atoms with Crippen LogP contribution in [-0.2, 0) is 0 Å². The van der Waals surface area contributed by atoms with Crippen molar-refractivity contribution in [2.24, 2.45) is 5.41 Å². The van der Waals surface area contributed by atoms with Crippen molar-refractivity contribution in [2.75, 3.05) is 4.43 Å². The summed E-state index contributed by atoms with van der Waals surface area (Å²) in [5, 5.41) is 0. The lowest BCUT2D eigenvalue weighted by molar-refractivity contribution is -0.598. The van der Waals surface area contributed by atoms with Crippen LogP contribution in [0.15, 0.2) is 0 Å². The van der Waals surface area contributed by atoms with Crippen LogP contribution in [0.25, 0.3) is 0 Å². The van der Waals surface area contributed by atoms with Crippen molar-refractivity contribution >= 4 is 0 Å². The van der Waals surface area contributed by atoms with E-state index in [-0.39, 0.29) is 5.41 Å². The quantitative estimate of drug-likeness (QED) is 0.293. The highest BCUT2D eigenvalue weighted by Gasteiger charge is 2.60. The maximum atomic E-state index is 12.4. The first-order valence-corrected chi connectivity index (χ1v) is 6.61. The first-order chi connectivity index (χ1) is 6.46. The van der Waals surface area contributed by atoms with Gasteiger partial charge in [0.2, 0.25) is 4.43 Å². The number of hydrogen-bond donors (Lipinski definition) is 0. The van der Waals surface area contributed by atoms with Gasteiger partial charge in [-0.2, -0.15) is 22.0 Å². The number of rotatable bonds is 2. The molecule has 0 saturated heterocycles. The fourth-order valence-corrected chi connectivity index (χ4v) is 2.47. The van der Waals surface area contributed by atoms with Crippen LogP contribution in [0.3, 0.4) is 0 Å². The third-order valence-electron chi connectivity index (χ3n) is 1.14. The highest BCUT2D eigenvalue weighted by atomic mass is 127. The van der Waals surface area contributed by atoms with E-state index in [0.29, 0.717) is 0 Å². The van der Waals surface area contributed by atoms with Gasteiger partial charge < -0.3 is 0 Å². The minimum absolute atomic E-state index is 0.354. The monoisotopic (exact) mass is 341 g/mol. The summed E-state index contributed by atoms with van der Waals surface area (Å²) in [4.78, 5) is 0. The van der Waals surface area contributed by atoms with Crippen molar-refractivity contribution in [3.05, 3.63) is 0 Å². The van der Waals surface area contributed by atoms with Gasteiger partial charge in [0.15, 0.2) is 3.93 Å². The average molecular weight is 341 g/mol. The molecule has 15 heavy (non-hydrogen) atoms. The number of halogens is 6. The molecule has 0 radical (unpaired) electrons. The largest absolute Gasteiger partial charge is 0.457 e. The Morgan fingerprint density at radius 2 is 1.47 bits per heavy atom. The maximum Gasteiger partial charge on any atom is 0.457 e. The Labute approximate surface area is 95.9 Å². The predicted molar refractivity (Wildman–Crippen MR) is 43.1 cm³/mol. The second-order valence-corrected chi connectivity index (χ2v) is 6.00. The molecule has 0 nitrogen and oxygen atoms in total. The molecule has 0 fully saturated rings. The van der Waals surface area contributed by atoms with E-state index in [2.05, 4.69) is 9.85 Å². The van der Waals surface area contributed by atoms with Crippen molar-refractivity contribution in [3.8, 4) is 9.85 Å². The normalized spacial score (nSPS) is 13.3. The number of hydrogen-bond acceptors (Lipinski definition) is 0. The van der Waals surface area contributed by atoms with Gasteiger partial charge in [0, 0.05) is 5.41 Å². The predicted octanol–water partition coefficient (Wildman–Crippen LogP) is 0.280. The average Bonchev–Trinajstić information content (AvgIpc) is 1.94. The van der Waals surface area contributed by atoms with Crippen LogP contribution in [0.4, 0.5) is 22.0 Å². The van der Waals surface area contributed by atoms with Crippen LogP contribution in [0.1, 0.15) is 20.8 Å². The summed E-state index contributed by atoms with van der Waals surface area (Å²) in [5.41, 5.74) is -0.354. The minimum atomic E-state index is -5.45. The topological polar surface area (TPSA) is 0 Å². The van der Waals surface area contributed by atoms with E-state index in [1.165, 1.54) is 0 Å². The molecule has 0 heterocycles. The van der Waals surface area contributed by atoms with Gasteiger partial charge in [-0.15, -0.1) is 0 Å². The van der Waals surface area contributed by atoms with Crippen molar-refractivity contribution < 1.29 is 43.2 Å². The third kappa shape index (κ3) is 6.17. The maximum absolute atomic E-state index is 12.4. The summed E-state index contributed by atoms with van der Waals surface area (Å²) in [6.07, 6.45) is -5.45. The van der Waals surface area contributed by atoms with Gasteiger partial charge in [0.05, 0.1) is 0 Å². The zero-order chi connectivity index (χ0) is 12.3. The molecule has 0 rings (SSSR count). The molecular weight excluding hydrogens is 330 g/mol. The Morgan fingerprint density at radius 1 is 1.00 bits per heavy atom. The molecule has 0 N–H and O–H groups in total. The third-order valence-corrected chi connectivity index (χ3v) is 3.13. The molecule has 0 aromatic rings. The summed E-state index contributed by atoms with van der Waals surface area (Å²) in [5.74, 6) is -1.95. The zero-order valence-electron chi connectivity index (χ0n) is 8.47. The highest BCUT2D eigenvalue weighted by molar-refractivity contribution is 5.00. The lowest BCUT2D eigenvalue weighted by Crippen LogP contribution is -3.61. The summed E-state index contributed by atoms with van der Waals surface area (Å²) >= 11 is -1.43. The molecule has 0 aliphatic rings. The van der Waals surface area contributed by atoms with Crippen molar-refractivity contribution in [2.45, 2.75) is 32.9 Å². The Hall–Kier alpha value is -0.0600. The van der Waals surface area contributed by atoms with E-state index in [1.54, 1.807) is 20.8 Å². The lowest BCUT2D eigenvalue weighted by Gasteiger charge is -2.13. The Kier molecular flexibility index (Phi) is 4.83. The molecule has 0 bridgehead atoms. The van der Waals surface area contributed by atoms with Crippen LogP contribution < -0.4 is 21.2 Å². The smallest absolute Gasteiger partial charge is 0.191 e. The fraction of sp³-hybridized carbons (Fsp3) is 0.778. The van der Waals surface area contributed by atoms with E-state index in [9.17, 15) is 22.0 Å². The molecule has 0 amide bonds. The lowest BCUT2D eigenvalue weighted by atomic mass is 9.99. The van der Waals surface area contributed by atoms with Gasteiger partial charge in [-0.25, -0.2) is 0 Å². The van der Waals surface area contributed by atoms with Crippen LogP contribution >= 0.6 is 0 Å². The Morgan fingerprint density at radius 3 is 1.80 bits per heavy atom. The van der Waals surface area contributed by atoms with Gasteiger partial charge in [0.25, 0.3) is 0 Å². The van der Waals surface area contributed by atoms with Crippen LogP contribution in [0, 0.1) is 15.3 Å². The van der Waals surface area contributed by atoms with E-state index in [4.69, 9.17) is 0 Å². The van der Waals surface area contributed by atoms with Gasteiger partial charge in [-0.1, -0.05) is 0 Å². The van der Waals surface area contributed by atoms with Crippen molar-refractivity contribution in [1.29, 1.82) is 0 Å². The molecule has 88 valence electrons. The van der Waals surface area contributed by atoms with Gasteiger partial charge in [0.1, 0.15) is 0 Å². The molecule has 0 atom stereocenters. The summed E-state index contributed by atoms with van der Waals surface area (Å²) in [6, 6.07) is 0. The fourth-order valence-electron chi connectivity index (χ4n) is 0.368. The molecule has 0 aromatic carbocycles. The molecule has 0 spiro atoms.